The molecule has 4 rings (SSSR count). The Hall–Kier alpha value is -1.65. The molecule has 1 aromatic heterocycles. The van der Waals surface area contributed by atoms with Gasteiger partial charge in [0.2, 0.25) is 11.8 Å². The lowest BCUT2D eigenvalue weighted by atomic mass is 9.83. The number of ether oxygens (including phenoxy) is 1. The van der Waals surface area contributed by atoms with Gasteiger partial charge in [-0.3, -0.25) is 4.79 Å². The van der Waals surface area contributed by atoms with Crippen LogP contribution >= 0.6 is 0 Å². The first-order valence-electron chi connectivity index (χ1n) is 9.76. The molecule has 1 atom stereocenters. The largest absolute Gasteiger partial charge is 0.477 e. The molecule has 5 nitrogen and oxygen atoms in total. The third-order valence-electron chi connectivity index (χ3n) is 6.39. The number of carbonyl (C=O) groups is 1. The molecule has 1 aromatic rings. The van der Waals surface area contributed by atoms with Crippen molar-refractivity contribution in [1.29, 1.82) is 0 Å². The van der Waals surface area contributed by atoms with Gasteiger partial charge in [-0.25, -0.2) is 9.97 Å². The molecule has 136 valence electrons. The predicted octanol–water partition coefficient (Wildman–Crippen LogP) is 3.41. The lowest BCUT2D eigenvalue weighted by Gasteiger charge is -2.32. The van der Waals surface area contributed by atoms with Crippen molar-refractivity contribution in [3.8, 4) is 5.88 Å². The second-order valence-electron chi connectivity index (χ2n) is 8.73. The van der Waals surface area contributed by atoms with Crippen molar-refractivity contribution in [3.05, 3.63) is 18.1 Å². The van der Waals surface area contributed by atoms with Gasteiger partial charge in [0.15, 0.2) is 0 Å². The monoisotopic (exact) mass is 343 g/mol. The average Bonchev–Trinajstić information content (AvgIpc) is 3.20. The second kappa shape index (κ2) is 6.58. The van der Waals surface area contributed by atoms with E-state index in [-0.39, 0.29) is 11.3 Å². The van der Waals surface area contributed by atoms with E-state index >= 15 is 0 Å². The zero-order valence-electron chi connectivity index (χ0n) is 15.4. The highest BCUT2D eigenvalue weighted by molar-refractivity contribution is 5.82. The summed E-state index contributed by atoms with van der Waals surface area (Å²) in [4.78, 5) is 23.2. The zero-order valence-corrected chi connectivity index (χ0v) is 15.4. The van der Waals surface area contributed by atoms with Crippen LogP contribution in [0.5, 0.6) is 5.88 Å². The van der Waals surface area contributed by atoms with Crippen molar-refractivity contribution < 1.29 is 9.53 Å². The molecule has 0 bridgehead atoms. The van der Waals surface area contributed by atoms with Gasteiger partial charge in [-0.1, -0.05) is 20.3 Å². The summed E-state index contributed by atoms with van der Waals surface area (Å²) in [6, 6.07) is 2.01. The first-order valence-corrected chi connectivity index (χ1v) is 9.76. The van der Waals surface area contributed by atoms with E-state index in [4.69, 9.17) is 4.74 Å². The minimum atomic E-state index is 0.224. The van der Waals surface area contributed by atoms with Gasteiger partial charge in [0.1, 0.15) is 6.33 Å². The van der Waals surface area contributed by atoms with Crippen LogP contribution in [0.4, 0.5) is 0 Å². The number of carbonyl (C=O) groups excluding carboxylic acids is 1. The number of likely N-dealkylation sites (tertiary alicyclic amines) is 1. The SMILES string of the molecule is CC1(C)CC1C(=O)N1CCC(COc2cc(C3CCC3)ncn2)CC1. The lowest BCUT2D eigenvalue weighted by Crippen LogP contribution is -2.41. The van der Waals surface area contributed by atoms with E-state index in [1.54, 1.807) is 6.33 Å². The van der Waals surface area contributed by atoms with Gasteiger partial charge in [0.25, 0.3) is 0 Å². The van der Waals surface area contributed by atoms with Gasteiger partial charge in [0, 0.05) is 31.0 Å². The minimum Gasteiger partial charge on any atom is -0.477 e. The molecular formula is C20H29N3O2. The summed E-state index contributed by atoms with van der Waals surface area (Å²) in [7, 11) is 0. The topological polar surface area (TPSA) is 55.3 Å². The van der Waals surface area contributed by atoms with Crippen LogP contribution in [-0.4, -0.2) is 40.5 Å². The Bertz CT molecular complexity index is 634. The Kier molecular flexibility index (Phi) is 4.42. The molecule has 0 radical (unpaired) electrons. The van der Waals surface area contributed by atoms with E-state index in [2.05, 4.69) is 28.7 Å². The quantitative estimate of drug-likeness (QED) is 0.822. The van der Waals surface area contributed by atoms with E-state index in [1.165, 1.54) is 19.3 Å². The Morgan fingerprint density at radius 1 is 1.24 bits per heavy atom. The molecule has 2 saturated carbocycles. The molecule has 1 amide bonds. The number of nitrogens with zero attached hydrogens (tertiary/aromatic N) is 3. The molecule has 3 fully saturated rings. The fourth-order valence-electron chi connectivity index (χ4n) is 3.99. The summed E-state index contributed by atoms with van der Waals surface area (Å²) < 4.78 is 5.94. The Balaban J connectivity index is 1.23. The summed E-state index contributed by atoms with van der Waals surface area (Å²) in [6.07, 6.45) is 8.51. The van der Waals surface area contributed by atoms with E-state index < -0.39 is 0 Å². The summed E-state index contributed by atoms with van der Waals surface area (Å²) in [6.45, 7) is 6.82. The molecule has 0 spiro atoms. The number of rotatable bonds is 5. The second-order valence-corrected chi connectivity index (χ2v) is 8.73. The van der Waals surface area contributed by atoms with Crippen molar-refractivity contribution >= 4 is 5.91 Å². The van der Waals surface area contributed by atoms with Crippen LogP contribution in [0, 0.1) is 17.3 Å². The van der Waals surface area contributed by atoms with Crippen LogP contribution in [0.25, 0.3) is 0 Å². The first-order chi connectivity index (χ1) is 12.0. The fraction of sp³-hybridized carbons (Fsp3) is 0.750. The Morgan fingerprint density at radius 3 is 2.56 bits per heavy atom. The van der Waals surface area contributed by atoms with Gasteiger partial charge in [-0.05, 0) is 43.4 Å². The smallest absolute Gasteiger partial charge is 0.226 e. The molecular weight excluding hydrogens is 314 g/mol. The molecule has 1 saturated heterocycles. The maximum Gasteiger partial charge on any atom is 0.226 e. The van der Waals surface area contributed by atoms with Gasteiger partial charge in [-0.15, -0.1) is 0 Å². The van der Waals surface area contributed by atoms with Crippen LogP contribution in [0.15, 0.2) is 12.4 Å². The van der Waals surface area contributed by atoms with Gasteiger partial charge in [0.05, 0.1) is 12.3 Å². The van der Waals surface area contributed by atoms with Crippen molar-refractivity contribution in [2.24, 2.45) is 17.3 Å². The van der Waals surface area contributed by atoms with Crippen molar-refractivity contribution in [2.75, 3.05) is 19.7 Å². The standard InChI is InChI=1S/C20H29N3O2/c1-20(2)11-16(20)19(24)23-8-6-14(7-9-23)12-25-18-10-17(21-13-22-18)15-4-3-5-15/h10,13-16H,3-9,11-12H2,1-2H3. The molecule has 2 aliphatic carbocycles. The molecule has 0 N–H and O–H groups in total. The van der Waals surface area contributed by atoms with Crippen LogP contribution in [-0.2, 0) is 4.79 Å². The van der Waals surface area contributed by atoms with Gasteiger partial charge in [-0.2, -0.15) is 0 Å². The molecule has 3 aliphatic rings. The number of amides is 1. The first kappa shape index (κ1) is 16.8. The van der Waals surface area contributed by atoms with Crippen molar-refractivity contribution in [3.63, 3.8) is 0 Å². The molecule has 1 unspecified atom stereocenters. The maximum absolute atomic E-state index is 12.5. The van der Waals surface area contributed by atoms with Crippen molar-refractivity contribution in [2.45, 2.75) is 58.3 Å². The molecule has 25 heavy (non-hydrogen) atoms. The maximum atomic E-state index is 12.5. The Morgan fingerprint density at radius 2 is 1.96 bits per heavy atom. The number of hydrogen-bond donors (Lipinski definition) is 0. The molecule has 5 heteroatoms. The Labute approximate surface area is 150 Å². The van der Waals surface area contributed by atoms with E-state index in [9.17, 15) is 4.79 Å². The predicted molar refractivity (Wildman–Crippen MR) is 95.3 cm³/mol. The van der Waals surface area contributed by atoms with E-state index in [1.807, 2.05) is 6.07 Å². The number of hydrogen-bond acceptors (Lipinski definition) is 4. The highest BCUT2D eigenvalue weighted by Gasteiger charge is 2.52. The third kappa shape index (κ3) is 3.65. The summed E-state index contributed by atoms with van der Waals surface area (Å²) in [5, 5.41) is 0. The summed E-state index contributed by atoms with van der Waals surface area (Å²) in [5.41, 5.74) is 1.35. The van der Waals surface area contributed by atoms with Crippen molar-refractivity contribution in [1.82, 2.24) is 14.9 Å². The van der Waals surface area contributed by atoms with Crippen LogP contribution in [0.3, 0.4) is 0 Å². The van der Waals surface area contributed by atoms with Gasteiger partial charge < -0.3 is 9.64 Å². The minimum absolute atomic E-state index is 0.224. The van der Waals surface area contributed by atoms with E-state index in [0.29, 0.717) is 30.2 Å². The third-order valence-corrected chi connectivity index (χ3v) is 6.39. The van der Waals surface area contributed by atoms with Crippen LogP contribution in [0.1, 0.15) is 64.0 Å². The highest BCUT2D eigenvalue weighted by atomic mass is 16.5. The summed E-state index contributed by atoms with van der Waals surface area (Å²) >= 11 is 0. The molecule has 0 aromatic carbocycles. The van der Waals surface area contributed by atoms with E-state index in [0.717, 1.165) is 38.0 Å². The lowest BCUT2D eigenvalue weighted by molar-refractivity contribution is -0.134. The van der Waals surface area contributed by atoms with Crippen LogP contribution in [0.2, 0.25) is 0 Å². The molecule has 2 heterocycles. The summed E-state index contributed by atoms with van der Waals surface area (Å²) in [5.74, 6) is 2.44. The highest BCUT2D eigenvalue weighted by Crippen LogP contribution is 2.52. The van der Waals surface area contributed by atoms with Gasteiger partial charge >= 0.3 is 0 Å². The fourth-order valence-corrected chi connectivity index (χ4v) is 3.99. The molecule has 1 aliphatic heterocycles. The number of piperidine rings is 1. The van der Waals surface area contributed by atoms with Crippen LogP contribution < -0.4 is 4.74 Å². The normalized spacial score (nSPS) is 26.2. The average molecular weight is 343 g/mol. The zero-order chi connectivity index (χ0) is 17.4. The number of aromatic nitrogens is 2.